The van der Waals surface area contributed by atoms with Gasteiger partial charge in [-0.2, -0.15) is 4.73 Å². The lowest BCUT2D eigenvalue weighted by atomic mass is 9.91. The van der Waals surface area contributed by atoms with Crippen LogP contribution in [-0.4, -0.2) is 81.8 Å². The number of β-amino-alcohol motifs (C(OH)–C–C–N with tert-alkyl or cyclic N) is 1. The summed E-state index contributed by atoms with van der Waals surface area (Å²) in [7, 11) is 0. The number of hydrogen-bond acceptors (Lipinski definition) is 7. The van der Waals surface area contributed by atoms with Gasteiger partial charge >= 0.3 is 0 Å². The summed E-state index contributed by atoms with van der Waals surface area (Å²) in [6.45, 7) is 8.23. The van der Waals surface area contributed by atoms with Crippen molar-refractivity contribution in [3.05, 3.63) is 107 Å². The van der Waals surface area contributed by atoms with Crippen LogP contribution in [0.5, 0.6) is 0 Å². The van der Waals surface area contributed by atoms with Crippen molar-refractivity contribution in [2.24, 2.45) is 5.92 Å². The molecule has 2 amide bonds. The monoisotopic (exact) mass is 629 g/mol. The summed E-state index contributed by atoms with van der Waals surface area (Å²) in [5, 5.41) is 40.3. The number of carbonyl (C=O) groups is 2. The Morgan fingerprint density at radius 3 is 2.48 bits per heavy atom. The first-order valence-corrected chi connectivity index (χ1v) is 16.2. The molecular weight excluding hydrogens is 582 g/mol. The number of rotatable bonds is 11. The minimum atomic E-state index is -0.870. The van der Waals surface area contributed by atoms with E-state index >= 15 is 0 Å². The lowest BCUT2D eigenvalue weighted by molar-refractivity contribution is -0.605. The second-order valence-electron chi connectivity index (χ2n) is 13.8. The Morgan fingerprint density at radius 1 is 1.02 bits per heavy atom. The molecule has 3 aromatic rings. The average molecular weight is 630 g/mol. The summed E-state index contributed by atoms with van der Waals surface area (Å²) in [5.41, 5.74) is 3.37. The van der Waals surface area contributed by atoms with Crippen LogP contribution >= 0.6 is 0 Å². The highest BCUT2D eigenvalue weighted by Gasteiger charge is 2.37. The fourth-order valence-corrected chi connectivity index (χ4v) is 6.67. The van der Waals surface area contributed by atoms with Crippen LogP contribution in [0.1, 0.15) is 55.5 Å². The van der Waals surface area contributed by atoms with Crippen LogP contribution < -0.4 is 15.4 Å². The van der Waals surface area contributed by atoms with Gasteiger partial charge in [0.25, 0.3) is 0 Å². The van der Waals surface area contributed by atoms with Crippen molar-refractivity contribution in [1.82, 2.24) is 20.4 Å². The highest BCUT2D eigenvalue weighted by molar-refractivity contribution is 5.83. The van der Waals surface area contributed by atoms with E-state index in [9.17, 15) is 25.0 Å². The van der Waals surface area contributed by atoms with Crippen LogP contribution in [0.2, 0.25) is 0 Å². The molecule has 2 aliphatic rings. The molecule has 1 aromatic heterocycles. The van der Waals surface area contributed by atoms with Gasteiger partial charge in [0, 0.05) is 62.2 Å². The van der Waals surface area contributed by atoms with Crippen molar-refractivity contribution >= 4 is 11.8 Å². The van der Waals surface area contributed by atoms with Crippen LogP contribution in [0.25, 0.3) is 0 Å². The molecule has 2 aromatic carbocycles. The maximum Gasteiger partial charge on any atom is 0.239 e. The van der Waals surface area contributed by atoms with E-state index in [0.29, 0.717) is 39.0 Å². The minimum absolute atomic E-state index is 0.121. The second-order valence-corrected chi connectivity index (χ2v) is 13.8. The SMILES string of the molecule is CC(C)(C)NC(=O)[C@@H]1CN(Cc2ccc[n+]([O-])c2)CCN1C[C@@H](O)C[C@@H](Cc1ccccc1)C(=O)NC1c2ccccc2C[C@H]1O. The van der Waals surface area contributed by atoms with E-state index in [1.807, 2.05) is 86.3 Å². The molecule has 5 atom stereocenters. The normalized spacial score (nSPS) is 21.7. The van der Waals surface area contributed by atoms with Crippen LogP contribution in [0, 0.1) is 11.1 Å². The second kappa shape index (κ2) is 14.7. The number of carbonyl (C=O) groups excluding carboxylic acids is 2. The van der Waals surface area contributed by atoms with Gasteiger partial charge in [-0.3, -0.25) is 19.4 Å². The van der Waals surface area contributed by atoms with Gasteiger partial charge in [0.15, 0.2) is 12.4 Å². The molecular formula is C36H47N5O5. The molecule has 0 spiro atoms. The molecule has 1 aliphatic heterocycles. The summed E-state index contributed by atoms with van der Waals surface area (Å²) >= 11 is 0. The summed E-state index contributed by atoms with van der Waals surface area (Å²) in [5.74, 6) is -0.879. The predicted molar refractivity (Wildman–Crippen MR) is 175 cm³/mol. The summed E-state index contributed by atoms with van der Waals surface area (Å²) in [6, 6.07) is 20.1. The number of pyridine rings is 1. The van der Waals surface area contributed by atoms with Crippen LogP contribution in [0.3, 0.4) is 0 Å². The lowest BCUT2D eigenvalue weighted by Crippen LogP contribution is -2.62. The molecule has 0 radical (unpaired) electrons. The van der Waals surface area contributed by atoms with Crippen molar-refractivity contribution in [2.75, 3.05) is 26.2 Å². The Balaban J connectivity index is 1.29. The molecule has 5 rings (SSSR count). The average Bonchev–Trinajstić information content (AvgIpc) is 3.31. The highest BCUT2D eigenvalue weighted by Crippen LogP contribution is 2.32. The van der Waals surface area contributed by atoms with Gasteiger partial charge < -0.3 is 26.1 Å². The fraction of sp³-hybridized carbons (Fsp3) is 0.472. The highest BCUT2D eigenvalue weighted by atomic mass is 16.5. The van der Waals surface area contributed by atoms with Gasteiger partial charge in [0.05, 0.1) is 18.2 Å². The number of piperazine rings is 1. The predicted octanol–water partition coefficient (Wildman–Crippen LogP) is 2.11. The standard InChI is InChI=1S/C36H47N5O5/c1-36(2,3)38-35(45)31-24-39(21-26-12-9-15-41(46)22-26)16-17-40(31)23-29(42)19-28(18-25-10-5-4-6-11-25)34(44)37-33-30-14-8-7-13-27(30)20-32(33)43/h4-15,22,28-29,31-33,42-43H,16-21,23-24H2,1-3H3,(H,37,44)(H,38,45)/t28-,29+,31+,32-,33?/m1/s1. The molecule has 10 nitrogen and oxygen atoms in total. The topological polar surface area (TPSA) is 132 Å². The molecule has 0 saturated carbocycles. The Morgan fingerprint density at radius 2 is 1.74 bits per heavy atom. The summed E-state index contributed by atoms with van der Waals surface area (Å²) < 4.78 is 0.778. The number of nitrogens with one attached hydrogen (secondary N) is 2. The molecule has 4 N–H and O–H groups in total. The van der Waals surface area contributed by atoms with Crippen molar-refractivity contribution in [3.63, 3.8) is 0 Å². The molecule has 1 aliphatic carbocycles. The Kier molecular flexibility index (Phi) is 10.7. The van der Waals surface area contributed by atoms with Gasteiger partial charge in [-0.15, -0.1) is 0 Å². The van der Waals surface area contributed by atoms with Gasteiger partial charge in [0.1, 0.15) is 6.04 Å². The largest absolute Gasteiger partial charge is 0.619 e. The lowest BCUT2D eigenvalue weighted by Gasteiger charge is -2.42. The number of fused-ring (bicyclic) bond motifs is 1. The van der Waals surface area contributed by atoms with E-state index in [1.54, 1.807) is 12.3 Å². The summed E-state index contributed by atoms with van der Waals surface area (Å²) in [6.07, 6.45) is 2.53. The molecule has 0 bridgehead atoms. The zero-order valence-electron chi connectivity index (χ0n) is 27.0. The Labute approximate surface area is 271 Å². The van der Waals surface area contributed by atoms with E-state index in [0.717, 1.165) is 27.0 Å². The molecule has 1 fully saturated rings. The van der Waals surface area contributed by atoms with E-state index in [2.05, 4.69) is 15.5 Å². The molecule has 10 heteroatoms. The van der Waals surface area contributed by atoms with Gasteiger partial charge in [-0.1, -0.05) is 54.6 Å². The number of amides is 2. The first-order valence-electron chi connectivity index (χ1n) is 16.2. The van der Waals surface area contributed by atoms with Crippen LogP contribution in [-0.2, 0) is 29.0 Å². The number of hydrogen-bond donors (Lipinski definition) is 4. The number of aliphatic hydroxyl groups excluding tert-OH is 2. The third kappa shape index (κ3) is 8.91. The van der Waals surface area contributed by atoms with Crippen molar-refractivity contribution < 1.29 is 24.5 Å². The van der Waals surface area contributed by atoms with Crippen molar-refractivity contribution in [3.8, 4) is 0 Å². The van der Waals surface area contributed by atoms with Gasteiger partial charge in [0.2, 0.25) is 11.8 Å². The maximum absolute atomic E-state index is 13.8. The quantitative estimate of drug-likeness (QED) is 0.189. The van der Waals surface area contributed by atoms with E-state index in [-0.39, 0.29) is 24.8 Å². The third-order valence-electron chi connectivity index (χ3n) is 8.82. The summed E-state index contributed by atoms with van der Waals surface area (Å²) in [4.78, 5) is 31.5. The Hall–Kier alpha value is -3.83. The maximum atomic E-state index is 13.8. The zero-order chi connectivity index (χ0) is 32.8. The van der Waals surface area contributed by atoms with Gasteiger partial charge in [-0.25, -0.2) is 0 Å². The smallest absolute Gasteiger partial charge is 0.239 e. The van der Waals surface area contributed by atoms with Crippen LogP contribution in [0.4, 0.5) is 0 Å². The van der Waals surface area contributed by atoms with E-state index in [4.69, 9.17) is 0 Å². The van der Waals surface area contributed by atoms with Crippen LogP contribution in [0.15, 0.2) is 79.1 Å². The first-order chi connectivity index (χ1) is 21.9. The zero-order valence-corrected chi connectivity index (χ0v) is 27.0. The first kappa shape index (κ1) is 33.5. The molecule has 2 heterocycles. The number of aliphatic hydroxyl groups is 2. The molecule has 1 saturated heterocycles. The molecule has 246 valence electrons. The molecule has 1 unspecified atom stereocenters. The Bertz CT molecular complexity index is 1480. The molecule has 46 heavy (non-hydrogen) atoms. The number of benzene rings is 2. The number of nitrogens with zero attached hydrogens (tertiary/aromatic N) is 3. The third-order valence-corrected chi connectivity index (χ3v) is 8.82. The van der Waals surface area contributed by atoms with Crippen molar-refractivity contribution in [2.45, 2.75) is 76.4 Å². The fourth-order valence-electron chi connectivity index (χ4n) is 6.67. The number of aromatic nitrogens is 1. The minimum Gasteiger partial charge on any atom is -0.619 e. The van der Waals surface area contributed by atoms with E-state index < -0.39 is 35.7 Å². The van der Waals surface area contributed by atoms with Gasteiger partial charge in [-0.05, 0) is 56.4 Å². The van der Waals surface area contributed by atoms with E-state index in [1.165, 1.54) is 6.20 Å². The van der Waals surface area contributed by atoms with Crippen molar-refractivity contribution in [1.29, 1.82) is 0 Å².